The summed E-state index contributed by atoms with van der Waals surface area (Å²) in [6.45, 7) is 4.12. The minimum atomic E-state index is -0.457. The number of β-amino-alcohol motifs (C(OH)–C–C–N with tert-alkyl or cyclic N) is 1. The van der Waals surface area contributed by atoms with Gasteiger partial charge in [-0.05, 0) is 49.9 Å². The highest BCUT2D eigenvalue weighted by Gasteiger charge is 2.26. The molecular formula is C21H27NO2. The van der Waals surface area contributed by atoms with E-state index in [1.807, 2.05) is 31.2 Å². The van der Waals surface area contributed by atoms with Gasteiger partial charge >= 0.3 is 0 Å². The minimum Gasteiger partial charge on any atom is -0.491 e. The van der Waals surface area contributed by atoms with Gasteiger partial charge in [0, 0.05) is 12.6 Å². The molecule has 3 rings (SSSR count). The molecule has 2 unspecified atom stereocenters. The van der Waals surface area contributed by atoms with E-state index < -0.39 is 6.10 Å². The summed E-state index contributed by atoms with van der Waals surface area (Å²) in [7, 11) is 0. The Hall–Kier alpha value is -1.84. The first-order chi connectivity index (χ1) is 11.7. The maximum Gasteiger partial charge on any atom is 0.122 e. The predicted octanol–water partition coefficient (Wildman–Crippen LogP) is 3.44. The van der Waals surface area contributed by atoms with Gasteiger partial charge in [0.05, 0.1) is 0 Å². The molecule has 0 bridgehead atoms. The van der Waals surface area contributed by atoms with Gasteiger partial charge in [0.15, 0.2) is 0 Å². The van der Waals surface area contributed by atoms with E-state index in [0.717, 1.165) is 24.3 Å². The van der Waals surface area contributed by atoms with Gasteiger partial charge in [0.2, 0.25) is 0 Å². The molecule has 0 spiro atoms. The molecule has 1 aliphatic rings. The number of likely N-dealkylation sites (tertiary alicyclic amines) is 1. The van der Waals surface area contributed by atoms with E-state index in [0.29, 0.717) is 19.2 Å². The molecule has 3 nitrogen and oxygen atoms in total. The summed E-state index contributed by atoms with van der Waals surface area (Å²) < 4.78 is 5.79. The Morgan fingerprint density at radius 2 is 1.88 bits per heavy atom. The molecule has 2 atom stereocenters. The van der Waals surface area contributed by atoms with Crippen LogP contribution in [0.5, 0.6) is 5.75 Å². The number of nitrogens with zero attached hydrogens (tertiary/aromatic N) is 1. The van der Waals surface area contributed by atoms with Gasteiger partial charge in [-0.3, -0.25) is 4.90 Å². The second-order valence-corrected chi connectivity index (χ2v) is 6.71. The van der Waals surface area contributed by atoms with Gasteiger partial charge < -0.3 is 9.84 Å². The van der Waals surface area contributed by atoms with Crippen LogP contribution in [0.1, 0.15) is 24.0 Å². The lowest BCUT2D eigenvalue weighted by Gasteiger charge is -2.27. The molecule has 1 saturated heterocycles. The predicted molar refractivity (Wildman–Crippen MR) is 97.4 cm³/mol. The largest absolute Gasteiger partial charge is 0.491 e. The molecule has 0 saturated carbocycles. The van der Waals surface area contributed by atoms with Crippen LogP contribution in [-0.4, -0.2) is 41.8 Å². The fraction of sp³-hybridized carbons (Fsp3) is 0.429. The van der Waals surface area contributed by atoms with E-state index in [1.54, 1.807) is 0 Å². The third-order valence-corrected chi connectivity index (χ3v) is 4.78. The van der Waals surface area contributed by atoms with Crippen molar-refractivity contribution < 1.29 is 9.84 Å². The van der Waals surface area contributed by atoms with Gasteiger partial charge in [-0.15, -0.1) is 0 Å². The number of rotatable bonds is 7. The van der Waals surface area contributed by atoms with Gasteiger partial charge in [0.25, 0.3) is 0 Å². The zero-order chi connectivity index (χ0) is 16.8. The van der Waals surface area contributed by atoms with Crippen LogP contribution < -0.4 is 4.74 Å². The van der Waals surface area contributed by atoms with E-state index in [2.05, 4.69) is 35.2 Å². The highest BCUT2D eigenvalue weighted by molar-refractivity contribution is 5.31. The number of hydrogen-bond acceptors (Lipinski definition) is 3. The molecule has 3 heteroatoms. The maximum absolute atomic E-state index is 10.4. The van der Waals surface area contributed by atoms with Crippen molar-refractivity contribution in [2.45, 2.75) is 38.3 Å². The van der Waals surface area contributed by atoms with Crippen LogP contribution in [-0.2, 0) is 6.42 Å². The molecular weight excluding hydrogens is 298 g/mol. The highest BCUT2D eigenvalue weighted by atomic mass is 16.5. The van der Waals surface area contributed by atoms with Crippen molar-refractivity contribution in [1.82, 2.24) is 4.90 Å². The lowest BCUT2D eigenvalue weighted by atomic mass is 10.0. The number of aliphatic hydroxyl groups excluding tert-OH is 1. The Kier molecular flexibility index (Phi) is 5.89. The van der Waals surface area contributed by atoms with E-state index in [-0.39, 0.29) is 0 Å². The fourth-order valence-corrected chi connectivity index (χ4v) is 3.48. The zero-order valence-corrected chi connectivity index (χ0v) is 14.4. The van der Waals surface area contributed by atoms with Crippen molar-refractivity contribution in [3.8, 4) is 5.75 Å². The normalized spacial score (nSPS) is 19.3. The van der Waals surface area contributed by atoms with Gasteiger partial charge in [-0.1, -0.05) is 48.5 Å². The highest BCUT2D eigenvalue weighted by Crippen LogP contribution is 2.22. The molecule has 2 aromatic carbocycles. The second-order valence-electron chi connectivity index (χ2n) is 6.71. The molecule has 0 aromatic heterocycles. The molecule has 0 radical (unpaired) electrons. The molecule has 0 aliphatic carbocycles. The number of hydrogen-bond donors (Lipinski definition) is 1. The Balaban J connectivity index is 1.50. The lowest BCUT2D eigenvalue weighted by molar-refractivity contribution is 0.0637. The SMILES string of the molecule is Cc1ccccc1OCC(O)CN1CCCC1Cc1ccccc1. The lowest BCUT2D eigenvalue weighted by Crippen LogP contribution is -2.39. The summed E-state index contributed by atoms with van der Waals surface area (Å²) in [6.07, 6.45) is 3.02. The maximum atomic E-state index is 10.4. The van der Waals surface area contributed by atoms with Crippen LogP contribution >= 0.6 is 0 Å². The van der Waals surface area contributed by atoms with Crippen LogP contribution in [0, 0.1) is 6.92 Å². The number of benzene rings is 2. The molecule has 1 fully saturated rings. The Labute approximate surface area is 144 Å². The smallest absolute Gasteiger partial charge is 0.122 e. The number of para-hydroxylation sites is 1. The second kappa shape index (κ2) is 8.32. The van der Waals surface area contributed by atoms with Crippen LogP contribution in [0.25, 0.3) is 0 Å². The fourth-order valence-electron chi connectivity index (χ4n) is 3.48. The van der Waals surface area contributed by atoms with E-state index in [4.69, 9.17) is 4.74 Å². The van der Waals surface area contributed by atoms with Crippen molar-refractivity contribution >= 4 is 0 Å². The molecule has 1 N–H and O–H groups in total. The number of aliphatic hydroxyl groups is 1. The van der Waals surface area contributed by atoms with Gasteiger partial charge in [-0.25, -0.2) is 0 Å². The quantitative estimate of drug-likeness (QED) is 0.846. The molecule has 0 amide bonds. The average molecular weight is 325 g/mol. The van der Waals surface area contributed by atoms with Crippen molar-refractivity contribution in [1.29, 1.82) is 0 Å². The monoisotopic (exact) mass is 325 g/mol. The Bertz CT molecular complexity index is 629. The zero-order valence-electron chi connectivity index (χ0n) is 14.4. The summed E-state index contributed by atoms with van der Waals surface area (Å²) in [6, 6.07) is 19.1. The van der Waals surface area contributed by atoms with Crippen molar-refractivity contribution in [3.63, 3.8) is 0 Å². The molecule has 128 valence electrons. The van der Waals surface area contributed by atoms with E-state index in [9.17, 15) is 5.11 Å². The summed E-state index contributed by atoms with van der Waals surface area (Å²) >= 11 is 0. The summed E-state index contributed by atoms with van der Waals surface area (Å²) in [5.74, 6) is 0.860. The van der Waals surface area contributed by atoms with Crippen LogP contribution in [0.3, 0.4) is 0 Å². The third-order valence-electron chi connectivity index (χ3n) is 4.78. The molecule has 1 heterocycles. The van der Waals surface area contributed by atoms with Crippen molar-refractivity contribution in [2.24, 2.45) is 0 Å². The number of aryl methyl sites for hydroxylation is 1. The van der Waals surface area contributed by atoms with E-state index in [1.165, 1.54) is 18.4 Å². The van der Waals surface area contributed by atoms with E-state index >= 15 is 0 Å². The van der Waals surface area contributed by atoms with Gasteiger partial charge in [0.1, 0.15) is 18.5 Å². The molecule has 24 heavy (non-hydrogen) atoms. The summed E-state index contributed by atoms with van der Waals surface area (Å²) in [5.41, 5.74) is 2.48. The van der Waals surface area contributed by atoms with Crippen LogP contribution in [0.15, 0.2) is 54.6 Å². The van der Waals surface area contributed by atoms with Crippen molar-refractivity contribution in [3.05, 3.63) is 65.7 Å². The Morgan fingerprint density at radius 1 is 1.12 bits per heavy atom. The minimum absolute atomic E-state index is 0.347. The first-order valence-electron chi connectivity index (χ1n) is 8.87. The topological polar surface area (TPSA) is 32.7 Å². The summed E-state index contributed by atoms with van der Waals surface area (Å²) in [4.78, 5) is 2.42. The van der Waals surface area contributed by atoms with Crippen LogP contribution in [0.4, 0.5) is 0 Å². The average Bonchev–Trinajstić information content (AvgIpc) is 3.02. The van der Waals surface area contributed by atoms with Crippen molar-refractivity contribution in [2.75, 3.05) is 19.7 Å². The van der Waals surface area contributed by atoms with Crippen LogP contribution in [0.2, 0.25) is 0 Å². The third kappa shape index (κ3) is 4.59. The summed E-state index contributed by atoms with van der Waals surface area (Å²) in [5, 5.41) is 10.4. The first-order valence-corrected chi connectivity index (χ1v) is 8.87. The first kappa shape index (κ1) is 17.0. The van der Waals surface area contributed by atoms with Gasteiger partial charge in [-0.2, -0.15) is 0 Å². The molecule has 2 aromatic rings. The molecule has 1 aliphatic heterocycles. The standard InChI is InChI=1S/C21H27NO2/c1-17-8-5-6-12-21(17)24-16-20(23)15-22-13-7-11-19(22)14-18-9-3-2-4-10-18/h2-6,8-10,12,19-20,23H,7,11,13-16H2,1H3. The Morgan fingerprint density at radius 3 is 2.67 bits per heavy atom. The number of ether oxygens (including phenoxy) is 1.